The first-order valence-electron chi connectivity index (χ1n) is 21.9. The fourth-order valence-electron chi connectivity index (χ4n) is 6.46. The van der Waals surface area contributed by atoms with Gasteiger partial charge in [-0.3, -0.25) is 0 Å². The zero-order chi connectivity index (χ0) is 43.5. The number of thiophene rings is 1. The van der Waals surface area contributed by atoms with E-state index >= 15 is 0 Å². The number of rotatable bonds is 5. The molecular weight excluding hydrogens is 627 g/mol. The summed E-state index contributed by atoms with van der Waals surface area (Å²) in [6, 6.07) is 25.9. The van der Waals surface area contributed by atoms with Crippen LogP contribution in [0.2, 0.25) is 0 Å². The molecule has 10 rings (SSSR count). The molecule has 0 unspecified atom stereocenters. The van der Waals surface area contributed by atoms with E-state index in [9.17, 15) is 4.11 Å². The fourth-order valence-corrected chi connectivity index (χ4v) is 7.68. The normalized spacial score (nSPS) is 15.0. The van der Waals surface area contributed by atoms with Crippen molar-refractivity contribution in [1.29, 1.82) is 0 Å². The maximum atomic E-state index is 9.88. The molecule has 3 heterocycles. The Kier molecular flexibility index (Phi) is 4.43. The van der Waals surface area contributed by atoms with Gasteiger partial charge in [0.05, 0.1) is 38.9 Å². The lowest BCUT2D eigenvalue weighted by Gasteiger charge is -2.12. The van der Waals surface area contributed by atoms with Crippen molar-refractivity contribution in [2.45, 2.75) is 0 Å². The zero-order valence-electron chi connectivity index (χ0n) is 38.1. The van der Waals surface area contributed by atoms with Crippen LogP contribution < -0.4 is 0 Å². The Morgan fingerprint density at radius 2 is 1.20 bits per heavy atom. The maximum absolute atomic E-state index is 9.88. The summed E-state index contributed by atoms with van der Waals surface area (Å²) in [5, 5.41) is 1.63. The first kappa shape index (κ1) is 19.0. The Morgan fingerprint density at radius 1 is 0.500 bits per heavy atom. The summed E-state index contributed by atoms with van der Waals surface area (Å²) >= 11 is 1.60. The number of aromatic nitrogens is 3. The average Bonchev–Trinajstić information content (AvgIpc) is 3.86. The predicted octanol–water partition coefficient (Wildman–Crippen LogP) is 12.6. The Hall–Kier alpha value is -6.36. The molecule has 7 aromatic carbocycles. The van der Waals surface area contributed by atoms with Gasteiger partial charge in [0.1, 0.15) is 0 Å². The molecule has 10 aromatic rings. The first-order valence-corrected chi connectivity index (χ1v) is 16.7. The molecule has 0 bridgehead atoms. The van der Waals surface area contributed by atoms with E-state index in [1.165, 1.54) is 0 Å². The van der Waals surface area contributed by atoms with Crippen LogP contribution in [0.5, 0.6) is 0 Å². The number of hydrogen-bond acceptors (Lipinski definition) is 3. The molecule has 0 aliphatic carbocycles. The molecule has 0 spiro atoms. The Balaban J connectivity index is 1.32. The summed E-state index contributed by atoms with van der Waals surface area (Å²) < 4.78 is 110. The lowest BCUT2D eigenvalue weighted by Crippen LogP contribution is -1.97. The Morgan fingerprint density at radius 3 is 2.08 bits per heavy atom. The summed E-state index contributed by atoms with van der Waals surface area (Å²) in [7, 11) is 0. The zero-order valence-corrected chi connectivity index (χ0v) is 26.9. The van der Waals surface area contributed by atoms with Gasteiger partial charge in [0, 0.05) is 53.3 Å². The smallest absolute Gasteiger partial charge is 0.160 e. The van der Waals surface area contributed by atoms with Gasteiger partial charge in [-0.1, -0.05) is 139 Å². The van der Waals surface area contributed by atoms with Gasteiger partial charge in [0.25, 0.3) is 0 Å². The van der Waals surface area contributed by atoms with Crippen LogP contribution in [0.1, 0.15) is 16.4 Å². The van der Waals surface area contributed by atoms with E-state index in [2.05, 4.69) is 6.07 Å². The van der Waals surface area contributed by atoms with Gasteiger partial charge in [-0.05, 0) is 47.4 Å². The molecule has 3 nitrogen and oxygen atoms in total. The summed E-state index contributed by atoms with van der Waals surface area (Å²) in [4.78, 5) is 9.97. The van der Waals surface area contributed by atoms with Crippen molar-refractivity contribution >= 4 is 53.3 Å². The van der Waals surface area contributed by atoms with E-state index in [-0.39, 0.29) is 33.2 Å². The van der Waals surface area contributed by atoms with Crippen LogP contribution in [0, 0.1) is 0 Å². The van der Waals surface area contributed by atoms with Crippen molar-refractivity contribution in [3.05, 3.63) is 176 Å². The number of para-hydroxylation sites is 2. The van der Waals surface area contributed by atoms with E-state index in [1.54, 1.807) is 11.3 Å². The van der Waals surface area contributed by atoms with Gasteiger partial charge >= 0.3 is 0 Å². The van der Waals surface area contributed by atoms with E-state index in [4.69, 9.17) is 22.3 Å². The Bertz CT molecular complexity index is 3520. The quantitative estimate of drug-likeness (QED) is 0.183. The second-order valence-electron chi connectivity index (χ2n) is 11.7. The first-order chi connectivity index (χ1) is 29.8. The van der Waals surface area contributed by atoms with E-state index < -0.39 is 78.2 Å². The van der Waals surface area contributed by atoms with Gasteiger partial charge in [-0.15, -0.1) is 11.3 Å². The third-order valence-electron chi connectivity index (χ3n) is 8.79. The third-order valence-corrected chi connectivity index (χ3v) is 10.0. The largest absolute Gasteiger partial charge is 0.309 e. The van der Waals surface area contributed by atoms with Crippen molar-refractivity contribution < 1.29 is 16.4 Å². The van der Waals surface area contributed by atoms with Gasteiger partial charge in [0.15, 0.2) is 5.82 Å². The standard InChI is InChI=1S/C46H29N3S/c1-3-12-30(13-4-1)31-22-24-32(25-23-31)40-29-41(39-19-11-18-38-37-17-8-10-21-44(37)50-45(38)39)48-46(47-40)33-26-27-36-35-16-7-9-20-42(35)49(43(36)28-33)34-14-5-2-6-15-34/h1-29H/i2D,5D,6D,7D,9D,14D,15D,16D,20D,26D,27D,28D. The minimum absolute atomic E-state index is 0.106. The van der Waals surface area contributed by atoms with Crippen LogP contribution in [-0.4, -0.2) is 14.5 Å². The topological polar surface area (TPSA) is 30.7 Å². The molecule has 0 saturated heterocycles. The van der Waals surface area contributed by atoms with Crippen molar-refractivity contribution in [3.8, 4) is 50.7 Å². The SMILES string of the molecule is [2H]c1c([2H])c([2H])c(-n2c3c([2H])c([2H])c([2H])c([2H])c3c3c([2H])c([2H])c(-c4nc(-c5ccc(-c6ccccc6)cc5)cc(-c5cccc6c5sc5ccccc56)n4)c([2H])c32)c([2H])c1[2H]. The molecule has 0 amide bonds. The molecule has 0 N–H and O–H groups in total. The fraction of sp³-hybridized carbons (Fsp3) is 0. The highest BCUT2D eigenvalue weighted by atomic mass is 32.1. The van der Waals surface area contributed by atoms with E-state index in [1.807, 2.05) is 97.1 Å². The van der Waals surface area contributed by atoms with Crippen molar-refractivity contribution in [3.63, 3.8) is 0 Å². The molecule has 0 aliphatic rings. The summed E-state index contributed by atoms with van der Waals surface area (Å²) in [5.74, 6) is -0.106. The highest BCUT2D eigenvalue weighted by Gasteiger charge is 2.18. The van der Waals surface area contributed by atoms with Crippen LogP contribution >= 0.6 is 11.3 Å². The van der Waals surface area contributed by atoms with E-state index in [0.717, 1.165) is 41.4 Å². The van der Waals surface area contributed by atoms with Crippen LogP contribution in [0.3, 0.4) is 0 Å². The van der Waals surface area contributed by atoms with Gasteiger partial charge in [0.2, 0.25) is 0 Å². The molecule has 0 fully saturated rings. The molecule has 0 aliphatic heterocycles. The van der Waals surface area contributed by atoms with Crippen molar-refractivity contribution in [2.75, 3.05) is 0 Å². The molecule has 0 radical (unpaired) electrons. The van der Waals surface area contributed by atoms with Gasteiger partial charge in [-0.2, -0.15) is 0 Å². The molecule has 50 heavy (non-hydrogen) atoms. The van der Waals surface area contributed by atoms with Crippen LogP contribution in [0.4, 0.5) is 0 Å². The predicted molar refractivity (Wildman–Crippen MR) is 211 cm³/mol. The molecular formula is C46H29N3S. The summed E-state index contributed by atoms with van der Waals surface area (Å²) in [6.45, 7) is 0. The number of nitrogens with zero attached hydrogens (tertiary/aromatic N) is 3. The number of fused-ring (bicyclic) bond motifs is 6. The lowest BCUT2D eigenvalue weighted by molar-refractivity contribution is 1.17. The second kappa shape index (κ2) is 11.7. The van der Waals surface area contributed by atoms with Crippen LogP contribution in [-0.2, 0) is 0 Å². The van der Waals surface area contributed by atoms with E-state index in [0.29, 0.717) is 17.0 Å². The molecule has 3 aromatic heterocycles. The number of benzene rings is 7. The molecule has 234 valence electrons. The van der Waals surface area contributed by atoms with Gasteiger partial charge < -0.3 is 4.57 Å². The second-order valence-corrected chi connectivity index (χ2v) is 12.7. The monoisotopic (exact) mass is 667 g/mol. The van der Waals surface area contributed by atoms with Gasteiger partial charge in [-0.25, -0.2) is 9.97 Å². The Labute approximate surface area is 310 Å². The highest BCUT2D eigenvalue weighted by molar-refractivity contribution is 7.26. The summed E-state index contributed by atoms with van der Waals surface area (Å²) in [6.07, 6.45) is 0. The minimum atomic E-state index is -0.707. The molecule has 0 atom stereocenters. The average molecular weight is 668 g/mol. The maximum Gasteiger partial charge on any atom is 0.160 e. The molecule has 4 heteroatoms. The number of hydrogen-bond donors (Lipinski definition) is 0. The lowest BCUT2D eigenvalue weighted by atomic mass is 10.0. The minimum Gasteiger partial charge on any atom is -0.309 e. The van der Waals surface area contributed by atoms with Crippen molar-refractivity contribution in [1.82, 2.24) is 14.5 Å². The summed E-state index contributed by atoms with van der Waals surface area (Å²) in [5.41, 5.74) is 3.07. The third kappa shape index (κ3) is 4.73. The van der Waals surface area contributed by atoms with Crippen molar-refractivity contribution in [2.24, 2.45) is 0 Å². The van der Waals surface area contributed by atoms with Crippen LogP contribution in [0.25, 0.3) is 92.7 Å². The van der Waals surface area contributed by atoms with Crippen LogP contribution in [0.15, 0.2) is 176 Å². The highest BCUT2D eigenvalue weighted by Crippen LogP contribution is 2.41. The molecule has 0 saturated carbocycles.